The molecular weight excluding hydrogens is 280 g/mol. The van der Waals surface area contributed by atoms with Crippen LogP contribution in [-0.4, -0.2) is 25.7 Å². The Bertz CT molecular complexity index is 505. The van der Waals surface area contributed by atoms with E-state index in [2.05, 4.69) is 5.32 Å². The number of amides is 1. The molecular formula is C17H26N2O3. The number of ether oxygens (including phenoxy) is 2. The second-order valence-corrected chi connectivity index (χ2v) is 5.76. The van der Waals surface area contributed by atoms with Crippen molar-refractivity contribution in [1.82, 2.24) is 5.32 Å². The first-order valence-corrected chi connectivity index (χ1v) is 7.97. The van der Waals surface area contributed by atoms with Crippen molar-refractivity contribution in [2.75, 3.05) is 13.7 Å². The highest BCUT2D eigenvalue weighted by molar-refractivity contribution is 5.78. The maximum Gasteiger partial charge on any atom is 0.223 e. The van der Waals surface area contributed by atoms with E-state index in [4.69, 9.17) is 15.2 Å². The van der Waals surface area contributed by atoms with E-state index in [0.717, 1.165) is 37.0 Å². The zero-order valence-electron chi connectivity index (χ0n) is 13.4. The van der Waals surface area contributed by atoms with Gasteiger partial charge < -0.3 is 20.5 Å². The van der Waals surface area contributed by atoms with E-state index < -0.39 is 0 Å². The highest BCUT2D eigenvalue weighted by Crippen LogP contribution is 2.28. The predicted octanol–water partition coefficient (Wildman–Crippen LogP) is 2.23. The Labute approximate surface area is 132 Å². The highest BCUT2D eigenvalue weighted by atomic mass is 16.5. The summed E-state index contributed by atoms with van der Waals surface area (Å²) in [6.07, 6.45) is 3.79. The third kappa shape index (κ3) is 4.37. The summed E-state index contributed by atoms with van der Waals surface area (Å²) in [5, 5.41) is 3.00. The third-order valence-electron chi connectivity index (χ3n) is 4.08. The first-order chi connectivity index (χ1) is 10.6. The fourth-order valence-corrected chi connectivity index (χ4v) is 2.90. The van der Waals surface area contributed by atoms with Crippen molar-refractivity contribution in [3.8, 4) is 11.5 Å². The maximum absolute atomic E-state index is 12.2. The highest BCUT2D eigenvalue weighted by Gasteiger charge is 2.25. The molecule has 1 aliphatic carbocycles. The van der Waals surface area contributed by atoms with Crippen molar-refractivity contribution in [1.29, 1.82) is 0 Å². The van der Waals surface area contributed by atoms with Crippen LogP contribution in [0, 0.1) is 5.92 Å². The van der Waals surface area contributed by atoms with Crippen molar-refractivity contribution in [2.24, 2.45) is 11.7 Å². The summed E-state index contributed by atoms with van der Waals surface area (Å²) in [5.74, 6) is 1.56. The molecule has 5 heteroatoms. The van der Waals surface area contributed by atoms with Crippen LogP contribution in [0.4, 0.5) is 0 Å². The van der Waals surface area contributed by atoms with Crippen molar-refractivity contribution >= 4 is 5.91 Å². The molecule has 2 rings (SSSR count). The second-order valence-electron chi connectivity index (χ2n) is 5.76. The average molecular weight is 306 g/mol. The van der Waals surface area contributed by atoms with Gasteiger partial charge in [0, 0.05) is 18.5 Å². The van der Waals surface area contributed by atoms with Crippen molar-refractivity contribution in [3.63, 3.8) is 0 Å². The summed E-state index contributed by atoms with van der Waals surface area (Å²) in [5.41, 5.74) is 6.94. The molecule has 0 heterocycles. The van der Waals surface area contributed by atoms with Gasteiger partial charge in [-0.15, -0.1) is 0 Å². The van der Waals surface area contributed by atoms with Crippen LogP contribution in [0.25, 0.3) is 0 Å². The van der Waals surface area contributed by atoms with Gasteiger partial charge in [0.1, 0.15) is 0 Å². The Kier molecular flexibility index (Phi) is 6.07. The molecule has 1 fully saturated rings. The molecule has 0 aliphatic heterocycles. The largest absolute Gasteiger partial charge is 0.493 e. The number of carbonyl (C=O) groups is 1. The lowest BCUT2D eigenvalue weighted by Gasteiger charge is -2.25. The summed E-state index contributed by atoms with van der Waals surface area (Å²) in [7, 11) is 1.61. The fraction of sp³-hybridized carbons (Fsp3) is 0.588. The first-order valence-electron chi connectivity index (χ1n) is 7.97. The summed E-state index contributed by atoms with van der Waals surface area (Å²) in [4.78, 5) is 12.2. The van der Waals surface area contributed by atoms with Gasteiger partial charge in [0.15, 0.2) is 11.5 Å². The molecule has 0 saturated heterocycles. The third-order valence-corrected chi connectivity index (χ3v) is 4.08. The molecule has 0 spiro atoms. The summed E-state index contributed by atoms with van der Waals surface area (Å²) >= 11 is 0. The molecule has 2 unspecified atom stereocenters. The Balaban J connectivity index is 1.92. The molecule has 2 atom stereocenters. The van der Waals surface area contributed by atoms with Gasteiger partial charge in [-0.2, -0.15) is 0 Å². The number of methoxy groups -OCH3 is 1. The number of nitrogens with one attached hydrogen (secondary N) is 1. The van der Waals surface area contributed by atoms with E-state index >= 15 is 0 Å². The Morgan fingerprint density at radius 3 is 2.86 bits per heavy atom. The molecule has 1 saturated carbocycles. The van der Waals surface area contributed by atoms with Gasteiger partial charge >= 0.3 is 0 Å². The van der Waals surface area contributed by atoms with Gasteiger partial charge in [0.2, 0.25) is 5.91 Å². The molecule has 22 heavy (non-hydrogen) atoms. The van der Waals surface area contributed by atoms with E-state index in [-0.39, 0.29) is 17.9 Å². The number of hydrogen-bond donors (Lipinski definition) is 2. The van der Waals surface area contributed by atoms with Crippen LogP contribution < -0.4 is 20.5 Å². The minimum Gasteiger partial charge on any atom is -0.493 e. The smallest absolute Gasteiger partial charge is 0.223 e. The zero-order valence-corrected chi connectivity index (χ0v) is 13.4. The van der Waals surface area contributed by atoms with Gasteiger partial charge in [-0.05, 0) is 43.9 Å². The average Bonchev–Trinajstić information content (AvgIpc) is 2.53. The standard InChI is InChI=1S/C17H26N2O3/c1-3-22-15-8-7-12(9-16(15)21-2)11-19-17(20)13-5-4-6-14(18)10-13/h7-9,13-14H,3-6,10-11,18H2,1-2H3,(H,19,20). The first kappa shape index (κ1) is 16.6. The molecule has 1 amide bonds. The number of carbonyl (C=O) groups excluding carboxylic acids is 1. The van der Waals surface area contributed by atoms with E-state index in [9.17, 15) is 4.79 Å². The lowest BCUT2D eigenvalue weighted by molar-refractivity contribution is -0.126. The molecule has 1 aromatic rings. The summed E-state index contributed by atoms with van der Waals surface area (Å²) < 4.78 is 10.8. The number of rotatable bonds is 6. The molecule has 0 radical (unpaired) electrons. The van der Waals surface area contributed by atoms with Gasteiger partial charge in [0.05, 0.1) is 13.7 Å². The van der Waals surface area contributed by atoms with Crippen LogP contribution in [-0.2, 0) is 11.3 Å². The monoisotopic (exact) mass is 306 g/mol. The van der Waals surface area contributed by atoms with Gasteiger partial charge in [0.25, 0.3) is 0 Å². The van der Waals surface area contributed by atoms with Crippen LogP contribution in [0.15, 0.2) is 18.2 Å². The quantitative estimate of drug-likeness (QED) is 0.845. The van der Waals surface area contributed by atoms with Crippen LogP contribution in [0.3, 0.4) is 0 Å². The number of nitrogens with two attached hydrogens (primary N) is 1. The van der Waals surface area contributed by atoms with Crippen LogP contribution in [0.5, 0.6) is 11.5 Å². The molecule has 122 valence electrons. The van der Waals surface area contributed by atoms with E-state index in [1.54, 1.807) is 7.11 Å². The van der Waals surface area contributed by atoms with E-state index in [0.29, 0.717) is 18.9 Å². The lowest BCUT2D eigenvalue weighted by atomic mass is 9.85. The van der Waals surface area contributed by atoms with Crippen LogP contribution >= 0.6 is 0 Å². The lowest BCUT2D eigenvalue weighted by Crippen LogP contribution is -2.37. The van der Waals surface area contributed by atoms with E-state index in [1.807, 2.05) is 25.1 Å². The summed E-state index contributed by atoms with van der Waals surface area (Å²) in [6, 6.07) is 5.88. The normalized spacial score (nSPS) is 21.2. The molecule has 1 aliphatic rings. The Morgan fingerprint density at radius 2 is 2.18 bits per heavy atom. The molecule has 0 aromatic heterocycles. The summed E-state index contributed by atoms with van der Waals surface area (Å²) in [6.45, 7) is 3.02. The van der Waals surface area contributed by atoms with Crippen LogP contribution in [0.2, 0.25) is 0 Å². The van der Waals surface area contributed by atoms with Gasteiger partial charge in [-0.25, -0.2) is 0 Å². The van der Waals surface area contributed by atoms with Crippen LogP contribution in [0.1, 0.15) is 38.2 Å². The second kappa shape index (κ2) is 8.03. The molecule has 3 N–H and O–H groups in total. The molecule has 5 nitrogen and oxygen atoms in total. The maximum atomic E-state index is 12.2. The van der Waals surface area contributed by atoms with Gasteiger partial charge in [-0.3, -0.25) is 4.79 Å². The van der Waals surface area contributed by atoms with Crippen molar-refractivity contribution in [2.45, 2.75) is 45.2 Å². The Hall–Kier alpha value is -1.75. The topological polar surface area (TPSA) is 73.6 Å². The van der Waals surface area contributed by atoms with Crippen molar-refractivity contribution < 1.29 is 14.3 Å². The molecule has 1 aromatic carbocycles. The minimum atomic E-state index is 0.0494. The predicted molar refractivity (Wildman–Crippen MR) is 85.9 cm³/mol. The number of benzene rings is 1. The SMILES string of the molecule is CCOc1ccc(CNC(=O)C2CCCC(N)C2)cc1OC. The molecule has 0 bridgehead atoms. The van der Waals surface area contributed by atoms with Gasteiger partial charge in [-0.1, -0.05) is 12.5 Å². The van der Waals surface area contributed by atoms with Crippen molar-refractivity contribution in [3.05, 3.63) is 23.8 Å². The Morgan fingerprint density at radius 1 is 1.36 bits per heavy atom. The number of hydrogen-bond acceptors (Lipinski definition) is 4. The van der Waals surface area contributed by atoms with E-state index in [1.165, 1.54) is 0 Å². The fourth-order valence-electron chi connectivity index (χ4n) is 2.90. The zero-order chi connectivity index (χ0) is 15.9. The minimum absolute atomic E-state index is 0.0494.